The maximum atomic E-state index is 12.5. The van der Waals surface area contributed by atoms with E-state index in [0.717, 1.165) is 29.7 Å². The third-order valence-corrected chi connectivity index (χ3v) is 6.90. The van der Waals surface area contributed by atoms with Crippen molar-refractivity contribution in [3.05, 3.63) is 72.4 Å². The molecule has 0 radical (unpaired) electrons. The highest BCUT2D eigenvalue weighted by atomic mass is 16.5. The number of nitrogens with zero attached hydrogens (tertiary/aromatic N) is 4. The number of rotatable bonds is 8. The largest absolute Gasteiger partial charge is 0.478 e. The third-order valence-electron chi connectivity index (χ3n) is 6.90. The molecule has 0 unspecified atom stereocenters. The fraction of sp³-hybridized carbons (Fsp3) is 0.310. The molecule has 2 amide bonds. The van der Waals surface area contributed by atoms with Gasteiger partial charge in [0.15, 0.2) is 11.2 Å². The van der Waals surface area contributed by atoms with Gasteiger partial charge in [0.05, 0.1) is 6.10 Å². The van der Waals surface area contributed by atoms with Gasteiger partial charge in [0.2, 0.25) is 5.95 Å². The number of aromatic nitrogens is 3. The molecule has 0 spiro atoms. The highest BCUT2D eigenvalue weighted by Crippen LogP contribution is 2.29. The smallest absolute Gasteiger partial charge is 0.263 e. The minimum Gasteiger partial charge on any atom is -0.478 e. The Bertz CT molecular complexity index is 1520. The molecule has 4 aromatic rings. The van der Waals surface area contributed by atoms with Crippen LogP contribution in [0.2, 0.25) is 0 Å². The van der Waals surface area contributed by atoms with Gasteiger partial charge in [-0.05, 0) is 80.8 Å². The van der Waals surface area contributed by atoms with Gasteiger partial charge in [0.25, 0.3) is 11.8 Å². The van der Waals surface area contributed by atoms with Gasteiger partial charge < -0.3 is 25.4 Å². The number of ether oxygens (including phenoxy) is 1. The average molecular weight is 527 g/mol. The van der Waals surface area contributed by atoms with Crippen molar-refractivity contribution < 1.29 is 19.4 Å². The van der Waals surface area contributed by atoms with E-state index in [9.17, 15) is 14.7 Å². The number of likely N-dealkylation sites (tertiary alicyclic amines) is 1. The summed E-state index contributed by atoms with van der Waals surface area (Å²) in [5, 5.41) is 20.2. The van der Waals surface area contributed by atoms with E-state index in [1.54, 1.807) is 47.5 Å². The maximum Gasteiger partial charge on any atom is 0.263 e. The molecule has 1 aliphatic carbocycles. The van der Waals surface area contributed by atoms with Gasteiger partial charge in [-0.3, -0.25) is 9.59 Å². The number of amides is 2. The molecule has 6 rings (SSSR count). The first-order chi connectivity index (χ1) is 18.7. The Morgan fingerprint density at radius 1 is 1.03 bits per heavy atom. The Kier molecular flexibility index (Phi) is 6.19. The Labute approximate surface area is 225 Å². The van der Waals surface area contributed by atoms with Crippen LogP contribution in [0.1, 0.15) is 37.0 Å². The molecule has 2 aromatic heterocycles. The van der Waals surface area contributed by atoms with Crippen LogP contribution < -0.4 is 15.4 Å². The number of benzene rings is 2. The van der Waals surface area contributed by atoms with Gasteiger partial charge in [-0.2, -0.15) is 4.98 Å². The summed E-state index contributed by atoms with van der Waals surface area (Å²) in [5.74, 6) is 0.830. The van der Waals surface area contributed by atoms with Crippen molar-refractivity contribution in [1.82, 2.24) is 24.8 Å². The van der Waals surface area contributed by atoms with E-state index >= 15 is 0 Å². The van der Waals surface area contributed by atoms with E-state index in [1.165, 1.54) is 0 Å². The van der Waals surface area contributed by atoms with E-state index in [-0.39, 0.29) is 17.9 Å². The van der Waals surface area contributed by atoms with Crippen LogP contribution in [-0.2, 0) is 4.79 Å². The van der Waals surface area contributed by atoms with Crippen molar-refractivity contribution in [2.75, 3.05) is 18.4 Å². The van der Waals surface area contributed by atoms with E-state index in [1.807, 2.05) is 42.6 Å². The van der Waals surface area contributed by atoms with Gasteiger partial charge >= 0.3 is 0 Å². The Morgan fingerprint density at radius 3 is 2.41 bits per heavy atom. The molecule has 2 aromatic carbocycles. The van der Waals surface area contributed by atoms with Crippen molar-refractivity contribution in [2.45, 2.75) is 44.4 Å². The van der Waals surface area contributed by atoms with Crippen molar-refractivity contribution in [3.63, 3.8) is 0 Å². The van der Waals surface area contributed by atoms with E-state index in [2.05, 4.69) is 15.7 Å². The fourth-order valence-corrected chi connectivity index (χ4v) is 4.44. The molecule has 10 heteroatoms. The second kappa shape index (κ2) is 9.70. The first-order valence-electron chi connectivity index (χ1n) is 13.1. The van der Waals surface area contributed by atoms with Gasteiger partial charge in [0, 0.05) is 42.1 Å². The number of hydrogen-bond acceptors (Lipinski definition) is 7. The zero-order valence-corrected chi connectivity index (χ0v) is 21.8. The zero-order valence-electron chi connectivity index (χ0n) is 21.8. The molecule has 0 bridgehead atoms. The van der Waals surface area contributed by atoms with Crippen LogP contribution in [0.4, 0.5) is 11.6 Å². The van der Waals surface area contributed by atoms with Crippen molar-refractivity contribution in [2.24, 2.45) is 0 Å². The van der Waals surface area contributed by atoms with Crippen LogP contribution >= 0.6 is 0 Å². The number of hydrogen-bond donors (Lipinski definition) is 3. The summed E-state index contributed by atoms with van der Waals surface area (Å²) >= 11 is 0. The molecule has 39 heavy (non-hydrogen) atoms. The standard InChI is InChI=1S/C29H30N6O4/c1-29(2,27(38)30-20-11-12-20)39-23-13-7-18(8-14-23)24-4-3-15-35-25(24)32-28(33-35)31-21-9-5-19(6-10-21)26(37)34-16-22(36)17-34/h3-10,13-15,20,22,36H,11-12,16-17H2,1-2H3,(H,30,38)(H,31,33). The minimum atomic E-state index is -0.972. The van der Waals surface area contributed by atoms with Gasteiger partial charge in [-0.1, -0.05) is 12.1 Å². The number of nitrogens with one attached hydrogen (secondary N) is 2. The molecule has 1 saturated carbocycles. The molecule has 3 N–H and O–H groups in total. The lowest BCUT2D eigenvalue weighted by molar-refractivity contribution is -0.134. The van der Waals surface area contributed by atoms with Crippen LogP contribution in [0.15, 0.2) is 66.9 Å². The van der Waals surface area contributed by atoms with Crippen LogP contribution in [-0.4, -0.2) is 67.3 Å². The first kappa shape index (κ1) is 24.9. The highest BCUT2D eigenvalue weighted by Gasteiger charge is 2.34. The SMILES string of the molecule is CC(C)(Oc1ccc(-c2cccn3nc(Nc4ccc(C(=O)N5CC(O)C5)cc4)nc23)cc1)C(=O)NC1CC1. The predicted molar refractivity (Wildman–Crippen MR) is 146 cm³/mol. The molecule has 2 fully saturated rings. The predicted octanol–water partition coefficient (Wildman–Crippen LogP) is 3.39. The number of aliphatic hydroxyl groups is 1. The molecule has 10 nitrogen and oxygen atoms in total. The number of fused-ring (bicyclic) bond motifs is 1. The fourth-order valence-electron chi connectivity index (χ4n) is 4.44. The maximum absolute atomic E-state index is 12.5. The summed E-state index contributed by atoms with van der Waals surface area (Å²) in [5.41, 5.74) is 2.86. The Morgan fingerprint density at radius 2 is 1.74 bits per heavy atom. The summed E-state index contributed by atoms with van der Waals surface area (Å²) < 4.78 is 7.71. The number of carbonyl (C=O) groups excluding carboxylic acids is 2. The molecule has 1 saturated heterocycles. The second-order valence-electron chi connectivity index (χ2n) is 10.6. The quantitative estimate of drug-likeness (QED) is 0.322. The molecule has 200 valence electrons. The lowest BCUT2D eigenvalue weighted by Gasteiger charge is -2.35. The Hall–Kier alpha value is -4.44. The lowest BCUT2D eigenvalue weighted by atomic mass is 10.1. The molecular weight excluding hydrogens is 496 g/mol. The van der Waals surface area contributed by atoms with Crippen LogP contribution in [0.3, 0.4) is 0 Å². The summed E-state index contributed by atoms with van der Waals surface area (Å²) in [6, 6.07) is 18.8. The number of carbonyl (C=O) groups is 2. The monoisotopic (exact) mass is 526 g/mol. The lowest BCUT2D eigenvalue weighted by Crippen LogP contribution is -2.53. The van der Waals surface area contributed by atoms with E-state index < -0.39 is 11.7 Å². The summed E-state index contributed by atoms with van der Waals surface area (Å²) in [4.78, 5) is 31.2. The summed E-state index contributed by atoms with van der Waals surface area (Å²) in [7, 11) is 0. The average Bonchev–Trinajstić information content (AvgIpc) is 3.62. The van der Waals surface area contributed by atoms with Gasteiger partial charge in [0.1, 0.15) is 5.75 Å². The molecule has 1 aliphatic heterocycles. The van der Waals surface area contributed by atoms with Crippen molar-refractivity contribution >= 4 is 29.1 Å². The molecule has 2 aliphatic rings. The topological polar surface area (TPSA) is 121 Å². The minimum absolute atomic E-state index is 0.0937. The second-order valence-corrected chi connectivity index (χ2v) is 10.6. The van der Waals surface area contributed by atoms with Crippen molar-refractivity contribution in [1.29, 1.82) is 0 Å². The Balaban J connectivity index is 1.16. The highest BCUT2D eigenvalue weighted by molar-refractivity contribution is 5.95. The van der Waals surface area contributed by atoms with Crippen molar-refractivity contribution in [3.8, 4) is 16.9 Å². The molecule has 0 atom stereocenters. The molecular formula is C29H30N6O4. The van der Waals surface area contributed by atoms with Crippen LogP contribution in [0, 0.1) is 0 Å². The normalized spacial score (nSPS) is 15.6. The molecule has 3 heterocycles. The number of β-amino-alcohol motifs (C(OH)–C–C–N with tert-alkyl or cyclic N) is 1. The van der Waals surface area contributed by atoms with E-state index in [4.69, 9.17) is 9.72 Å². The zero-order chi connectivity index (χ0) is 27.1. The first-order valence-corrected chi connectivity index (χ1v) is 13.1. The van der Waals surface area contributed by atoms with Crippen LogP contribution in [0.25, 0.3) is 16.8 Å². The summed E-state index contributed by atoms with van der Waals surface area (Å²) in [6.45, 7) is 4.29. The van der Waals surface area contributed by atoms with Crippen LogP contribution in [0.5, 0.6) is 5.75 Å². The van der Waals surface area contributed by atoms with Gasteiger partial charge in [-0.15, -0.1) is 5.10 Å². The number of anilines is 2. The van der Waals surface area contributed by atoms with Gasteiger partial charge in [-0.25, -0.2) is 4.52 Å². The summed E-state index contributed by atoms with van der Waals surface area (Å²) in [6.07, 6.45) is 3.46. The number of pyridine rings is 1. The third kappa shape index (κ3) is 5.28. The van der Waals surface area contributed by atoms with E-state index in [0.29, 0.717) is 36.0 Å². The number of aliphatic hydroxyl groups excluding tert-OH is 1.